The maximum atomic E-state index is 9.62. The normalized spacial score (nSPS) is 23.2. The molecule has 0 aliphatic carbocycles. The van der Waals surface area contributed by atoms with Crippen LogP contribution in [0.3, 0.4) is 0 Å². The molecule has 100 valence electrons. The third-order valence-electron chi connectivity index (χ3n) is 4.01. The van der Waals surface area contributed by atoms with Gasteiger partial charge in [0.05, 0.1) is 12.1 Å². The van der Waals surface area contributed by atoms with Crippen molar-refractivity contribution >= 4 is 16.7 Å². The highest BCUT2D eigenvalue weighted by molar-refractivity contribution is 5.81. The summed E-state index contributed by atoms with van der Waals surface area (Å²) in [4.78, 5) is 7.11. The Bertz CT molecular complexity index is 596. The number of fused-ring (bicyclic) bond motifs is 1. The molecule has 19 heavy (non-hydrogen) atoms. The van der Waals surface area contributed by atoms with E-state index in [1.165, 1.54) is 6.42 Å². The average Bonchev–Trinajstić information content (AvgIpc) is 2.76. The standard InChI is InChI=1S/C16H20N2O/c1-11-7-12(2)18(9-11)16-14(10-19)8-13-5-3-4-6-15(13)17-16/h3-6,8,11-12,19H,7,9-10H2,1-2H3. The number of aliphatic hydroxyl groups excluding tert-OH is 1. The maximum Gasteiger partial charge on any atom is 0.135 e. The molecule has 2 unspecified atom stereocenters. The fourth-order valence-electron chi connectivity index (χ4n) is 3.11. The van der Waals surface area contributed by atoms with Gasteiger partial charge in [-0.1, -0.05) is 25.1 Å². The largest absolute Gasteiger partial charge is 0.392 e. The van der Waals surface area contributed by atoms with Gasteiger partial charge in [0.2, 0.25) is 0 Å². The van der Waals surface area contributed by atoms with Gasteiger partial charge in [-0.3, -0.25) is 0 Å². The number of pyridine rings is 1. The van der Waals surface area contributed by atoms with E-state index in [0.717, 1.165) is 28.8 Å². The second-order valence-corrected chi connectivity index (χ2v) is 5.66. The molecule has 1 saturated heterocycles. The van der Waals surface area contributed by atoms with Crippen LogP contribution >= 0.6 is 0 Å². The highest BCUT2D eigenvalue weighted by Gasteiger charge is 2.28. The summed E-state index contributed by atoms with van der Waals surface area (Å²) in [5.41, 5.74) is 1.93. The third-order valence-corrected chi connectivity index (χ3v) is 4.01. The summed E-state index contributed by atoms with van der Waals surface area (Å²) in [6.07, 6.45) is 1.19. The topological polar surface area (TPSA) is 36.4 Å². The predicted octanol–water partition coefficient (Wildman–Crippen LogP) is 2.96. The van der Waals surface area contributed by atoms with Crippen LogP contribution < -0.4 is 4.90 Å². The molecule has 1 aromatic heterocycles. The molecule has 0 saturated carbocycles. The number of nitrogens with zero attached hydrogens (tertiary/aromatic N) is 2. The number of para-hydroxylation sites is 1. The van der Waals surface area contributed by atoms with E-state index in [9.17, 15) is 5.11 Å². The van der Waals surface area contributed by atoms with Crippen molar-refractivity contribution in [3.05, 3.63) is 35.9 Å². The van der Waals surface area contributed by atoms with Crippen LogP contribution in [0.4, 0.5) is 5.82 Å². The maximum absolute atomic E-state index is 9.62. The number of hydrogen-bond acceptors (Lipinski definition) is 3. The van der Waals surface area contributed by atoms with Crippen molar-refractivity contribution in [3.63, 3.8) is 0 Å². The quantitative estimate of drug-likeness (QED) is 0.897. The summed E-state index contributed by atoms with van der Waals surface area (Å²) in [6, 6.07) is 10.6. The van der Waals surface area contributed by atoms with E-state index < -0.39 is 0 Å². The first-order valence-electron chi connectivity index (χ1n) is 6.95. The molecule has 2 atom stereocenters. The number of aliphatic hydroxyl groups is 1. The summed E-state index contributed by atoms with van der Waals surface area (Å²) in [7, 11) is 0. The highest BCUT2D eigenvalue weighted by Crippen LogP contribution is 2.31. The number of rotatable bonds is 2. The molecule has 0 spiro atoms. The number of hydrogen-bond donors (Lipinski definition) is 1. The van der Waals surface area contributed by atoms with E-state index in [-0.39, 0.29) is 6.61 Å². The minimum atomic E-state index is 0.0464. The lowest BCUT2D eigenvalue weighted by Gasteiger charge is -2.25. The van der Waals surface area contributed by atoms with Crippen molar-refractivity contribution in [2.24, 2.45) is 5.92 Å². The van der Waals surface area contributed by atoms with Gasteiger partial charge in [0.25, 0.3) is 0 Å². The molecular formula is C16H20N2O. The van der Waals surface area contributed by atoms with Crippen molar-refractivity contribution in [1.29, 1.82) is 0 Å². The van der Waals surface area contributed by atoms with Crippen LogP contribution in [-0.4, -0.2) is 22.7 Å². The van der Waals surface area contributed by atoms with Gasteiger partial charge in [0.15, 0.2) is 0 Å². The van der Waals surface area contributed by atoms with Crippen molar-refractivity contribution in [2.75, 3.05) is 11.4 Å². The second-order valence-electron chi connectivity index (χ2n) is 5.66. The molecule has 0 bridgehead atoms. The molecule has 2 aromatic rings. The Hall–Kier alpha value is -1.61. The molecule has 1 aromatic carbocycles. The summed E-state index contributed by atoms with van der Waals surface area (Å²) in [5, 5.41) is 10.7. The van der Waals surface area contributed by atoms with E-state index in [2.05, 4.69) is 24.8 Å². The third kappa shape index (κ3) is 2.19. The zero-order chi connectivity index (χ0) is 13.4. The first kappa shape index (κ1) is 12.4. The molecule has 1 fully saturated rings. The van der Waals surface area contributed by atoms with E-state index in [4.69, 9.17) is 4.98 Å². The van der Waals surface area contributed by atoms with Crippen molar-refractivity contribution in [1.82, 2.24) is 4.98 Å². The zero-order valence-electron chi connectivity index (χ0n) is 11.5. The SMILES string of the molecule is CC1CC(C)N(c2nc3ccccc3cc2CO)C1. The van der Waals surface area contributed by atoms with Crippen LogP contribution in [0, 0.1) is 5.92 Å². The fraction of sp³-hybridized carbons (Fsp3) is 0.438. The first-order chi connectivity index (χ1) is 9.19. The van der Waals surface area contributed by atoms with E-state index >= 15 is 0 Å². The summed E-state index contributed by atoms with van der Waals surface area (Å²) in [5.74, 6) is 1.65. The van der Waals surface area contributed by atoms with Crippen LogP contribution in [0.25, 0.3) is 10.9 Å². The number of benzene rings is 1. The van der Waals surface area contributed by atoms with Crippen LogP contribution in [0.5, 0.6) is 0 Å². The second kappa shape index (κ2) is 4.82. The van der Waals surface area contributed by atoms with Crippen molar-refractivity contribution in [3.8, 4) is 0 Å². The lowest BCUT2D eigenvalue weighted by Crippen LogP contribution is -2.28. The Morgan fingerprint density at radius 2 is 2.11 bits per heavy atom. The van der Waals surface area contributed by atoms with Gasteiger partial charge in [-0.2, -0.15) is 0 Å². The Balaban J connectivity index is 2.11. The van der Waals surface area contributed by atoms with Crippen molar-refractivity contribution < 1.29 is 5.11 Å². The molecule has 3 heteroatoms. The summed E-state index contributed by atoms with van der Waals surface area (Å²) >= 11 is 0. The molecule has 3 nitrogen and oxygen atoms in total. The van der Waals surface area contributed by atoms with E-state index in [0.29, 0.717) is 12.0 Å². The molecule has 2 heterocycles. The van der Waals surface area contributed by atoms with E-state index in [1.54, 1.807) is 0 Å². The van der Waals surface area contributed by atoms with Gasteiger partial charge < -0.3 is 10.0 Å². The van der Waals surface area contributed by atoms with Gasteiger partial charge in [-0.05, 0) is 31.4 Å². The Morgan fingerprint density at radius 1 is 1.32 bits per heavy atom. The van der Waals surface area contributed by atoms with Gasteiger partial charge in [0, 0.05) is 23.5 Å². The Labute approximate surface area is 113 Å². The van der Waals surface area contributed by atoms with E-state index in [1.807, 2.05) is 24.3 Å². The van der Waals surface area contributed by atoms with Crippen LogP contribution in [0.1, 0.15) is 25.8 Å². The molecule has 0 radical (unpaired) electrons. The monoisotopic (exact) mass is 256 g/mol. The fourth-order valence-corrected chi connectivity index (χ4v) is 3.11. The minimum Gasteiger partial charge on any atom is -0.392 e. The van der Waals surface area contributed by atoms with Gasteiger partial charge in [-0.15, -0.1) is 0 Å². The van der Waals surface area contributed by atoms with Crippen LogP contribution in [0.15, 0.2) is 30.3 Å². The first-order valence-corrected chi connectivity index (χ1v) is 6.95. The molecule has 1 aliphatic heterocycles. The van der Waals surface area contributed by atoms with Crippen molar-refractivity contribution in [2.45, 2.75) is 32.9 Å². The van der Waals surface area contributed by atoms with Gasteiger partial charge in [-0.25, -0.2) is 4.98 Å². The Morgan fingerprint density at radius 3 is 2.79 bits per heavy atom. The predicted molar refractivity (Wildman–Crippen MR) is 78.3 cm³/mol. The zero-order valence-corrected chi connectivity index (χ0v) is 11.5. The molecule has 0 amide bonds. The summed E-state index contributed by atoms with van der Waals surface area (Å²) < 4.78 is 0. The average molecular weight is 256 g/mol. The summed E-state index contributed by atoms with van der Waals surface area (Å²) in [6.45, 7) is 5.59. The smallest absolute Gasteiger partial charge is 0.135 e. The number of aromatic nitrogens is 1. The molecular weight excluding hydrogens is 236 g/mol. The lowest BCUT2D eigenvalue weighted by molar-refractivity contribution is 0.281. The van der Waals surface area contributed by atoms with Crippen LogP contribution in [0.2, 0.25) is 0 Å². The minimum absolute atomic E-state index is 0.0464. The molecule has 3 rings (SSSR count). The number of anilines is 1. The lowest BCUT2D eigenvalue weighted by atomic mass is 10.1. The Kier molecular flexibility index (Phi) is 3.15. The molecule has 1 aliphatic rings. The van der Waals surface area contributed by atoms with Gasteiger partial charge >= 0.3 is 0 Å². The van der Waals surface area contributed by atoms with Gasteiger partial charge in [0.1, 0.15) is 5.82 Å². The molecule has 1 N–H and O–H groups in total. The van der Waals surface area contributed by atoms with Crippen LogP contribution in [-0.2, 0) is 6.61 Å². The highest BCUT2D eigenvalue weighted by atomic mass is 16.3.